The van der Waals surface area contributed by atoms with E-state index in [2.05, 4.69) is 14.9 Å². The molecular weight excluding hydrogens is 392 g/mol. The first-order valence-electron chi connectivity index (χ1n) is 9.52. The summed E-state index contributed by atoms with van der Waals surface area (Å²) in [7, 11) is 1.65. The number of H-pyrrole nitrogens is 1. The first-order chi connectivity index (χ1) is 14.1. The molecule has 1 fully saturated rings. The van der Waals surface area contributed by atoms with Crippen molar-refractivity contribution in [3.05, 3.63) is 53.3 Å². The Morgan fingerprint density at radius 1 is 1.10 bits per heavy atom. The monoisotopic (exact) mass is 414 g/mol. The number of methoxy groups -OCH3 is 1. The van der Waals surface area contributed by atoms with Crippen molar-refractivity contribution in [3.63, 3.8) is 0 Å². The molecule has 8 heteroatoms. The summed E-state index contributed by atoms with van der Waals surface area (Å²) in [4.78, 5) is 24.5. The van der Waals surface area contributed by atoms with Crippen LogP contribution < -0.4 is 9.47 Å². The lowest BCUT2D eigenvalue weighted by atomic mass is 10.3. The van der Waals surface area contributed by atoms with E-state index in [0.29, 0.717) is 23.9 Å². The van der Waals surface area contributed by atoms with Crippen molar-refractivity contribution in [2.45, 2.75) is 6.54 Å². The summed E-state index contributed by atoms with van der Waals surface area (Å²) in [6.45, 7) is 3.71. The largest absolute Gasteiger partial charge is 0.497 e. The topological polar surface area (TPSA) is 70.7 Å². The predicted molar refractivity (Wildman–Crippen MR) is 111 cm³/mol. The second kappa shape index (κ2) is 8.71. The number of amides is 1. The number of nitrogens with one attached hydrogen (secondary N) is 1. The van der Waals surface area contributed by atoms with E-state index in [1.54, 1.807) is 31.4 Å². The van der Waals surface area contributed by atoms with Crippen LogP contribution in [0.4, 0.5) is 0 Å². The molecule has 0 aliphatic carbocycles. The second-order valence-electron chi connectivity index (χ2n) is 6.97. The van der Waals surface area contributed by atoms with E-state index in [1.165, 1.54) is 0 Å². The molecule has 0 saturated carbocycles. The van der Waals surface area contributed by atoms with E-state index >= 15 is 0 Å². The first-order valence-corrected chi connectivity index (χ1v) is 9.89. The highest BCUT2D eigenvalue weighted by Crippen LogP contribution is 2.20. The molecule has 152 valence electrons. The number of hydrogen-bond acceptors (Lipinski definition) is 5. The molecule has 0 spiro atoms. The van der Waals surface area contributed by atoms with E-state index in [1.807, 2.05) is 23.1 Å². The molecule has 3 aromatic rings. The number of aromatic nitrogens is 2. The van der Waals surface area contributed by atoms with Gasteiger partial charge in [-0.15, -0.1) is 0 Å². The van der Waals surface area contributed by atoms with Gasteiger partial charge in [0, 0.05) is 37.3 Å². The third-order valence-corrected chi connectivity index (χ3v) is 5.26. The molecular formula is C21H23ClN4O3. The van der Waals surface area contributed by atoms with Crippen LogP contribution in [0.2, 0.25) is 5.02 Å². The lowest BCUT2D eigenvalue weighted by Crippen LogP contribution is -2.49. The SMILES string of the molecule is COc1ccc2nc(CN3CCN(C(=O)COc4ccc(Cl)cc4)CC3)[nH]c2c1. The minimum Gasteiger partial charge on any atom is -0.497 e. The number of halogens is 1. The van der Waals surface area contributed by atoms with Gasteiger partial charge in [0.1, 0.15) is 17.3 Å². The number of carbonyl (C=O) groups excluding carboxylic acids is 1. The molecule has 1 aromatic heterocycles. The molecule has 2 heterocycles. The molecule has 1 aliphatic heterocycles. The summed E-state index contributed by atoms with van der Waals surface area (Å²) >= 11 is 5.86. The summed E-state index contributed by atoms with van der Waals surface area (Å²) in [6, 6.07) is 12.8. The van der Waals surface area contributed by atoms with Crippen LogP contribution in [0.15, 0.2) is 42.5 Å². The zero-order valence-electron chi connectivity index (χ0n) is 16.2. The second-order valence-corrected chi connectivity index (χ2v) is 7.40. The van der Waals surface area contributed by atoms with Crippen LogP contribution in [0.25, 0.3) is 11.0 Å². The Bertz CT molecular complexity index is 981. The van der Waals surface area contributed by atoms with Gasteiger partial charge >= 0.3 is 0 Å². The van der Waals surface area contributed by atoms with Gasteiger partial charge in [-0.3, -0.25) is 9.69 Å². The van der Waals surface area contributed by atoms with Gasteiger partial charge in [-0.05, 0) is 36.4 Å². The maximum Gasteiger partial charge on any atom is 0.260 e. The number of ether oxygens (including phenoxy) is 2. The Kier molecular flexibility index (Phi) is 5.87. The number of piperazine rings is 1. The number of benzene rings is 2. The molecule has 1 amide bonds. The Labute approximate surface area is 174 Å². The number of aromatic amines is 1. The van der Waals surface area contributed by atoms with Gasteiger partial charge in [0.2, 0.25) is 0 Å². The number of fused-ring (bicyclic) bond motifs is 1. The maximum atomic E-state index is 12.4. The van der Waals surface area contributed by atoms with E-state index in [0.717, 1.165) is 42.2 Å². The summed E-state index contributed by atoms with van der Waals surface area (Å²) in [5.74, 6) is 2.36. The smallest absolute Gasteiger partial charge is 0.260 e. The quantitative estimate of drug-likeness (QED) is 0.671. The van der Waals surface area contributed by atoms with Gasteiger partial charge in [0.25, 0.3) is 5.91 Å². The van der Waals surface area contributed by atoms with Crippen LogP contribution in [0, 0.1) is 0 Å². The number of rotatable bonds is 6. The molecule has 4 rings (SSSR count). The standard InChI is InChI=1S/C21H23ClN4O3/c1-28-17-6-7-18-19(12-17)24-20(23-18)13-25-8-10-26(11-9-25)21(27)14-29-16-4-2-15(22)3-5-16/h2-7,12H,8-11,13-14H2,1H3,(H,23,24). The Morgan fingerprint density at radius 3 is 2.55 bits per heavy atom. The molecule has 1 N–H and O–H groups in total. The Hall–Kier alpha value is -2.77. The van der Waals surface area contributed by atoms with Gasteiger partial charge in [0.15, 0.2) is 6.61 Å². The number of nitrogens with zero attached hydrogens (tertiary/aromatic N) is 3. The molecule has 0 radical (unpaired) electrons. The number of carbonyl (C=O) groups is 1. The zero-order valence-corrected chi connectivity index (χ0v) is 17.0. The van der Waals surface area contributed by atoms with E-state index in [9.17, 15) is 4.79 Å². The molecule has 0 unspecified atom stereocenters. The van der Waals surface area contributed by atoms with Crippen LogP contribution in [-0.4, -0.2) is 65.6 Å². The van der Waals surface area contributed by atoms with Crippen LogP contribution in [0.3, 0.4) is 0 Å². The molecule has 0 atom stereocenters. The van der Waals surface area contributed by atoms with Gasteiger partial charge in [-0.1, -0.05) is 11.6 Å². The highest BCUT2D eigenvalue weighted by atomic mass is 35.5. The highest BCUT2D eigenvalue weighted by Gasteiger charge is 2.22. The summed E-state index contributed by atoms with van der Waals surface area (Å²) < 4.78 is 10.8. The van der Waals surface area contributed by atoms with Crippen molar-refractivity contribution in [1.29, 1.82) is 0 Å². The van der Waals surface area contributed by atoms with Crippen molar-refractivity contribution in [3.8, 4) is 11.5 Å². The Morgan fingerprint density at radius 2 is 1.83 bits per heavy atom. The van der Waals surface area contributed by atoms with E-state index in [-0.39, 0.29) is 12.5 Å². The number of hydrogen-bond donors (Lipinski definition) is 1. The van der Waals surface area contributed by atoms with Crippen LogP contribution >= 0.6 is 11.6 Å². The van der Waals surface area contributed by atoms with Crippen molar-refractivity contribution < 1.29 is 14.3 Å². The third-order valence-electron chi connectivity index (χ3n) is 5.01. The minimum absolute atomic E-state index is 0.00423. The fourth-order valence-electron chi connectivity index (χ4n) is 3.38. The lowest BCUT2D eigenvalue weighted by molar-refractivity contribution is -0.135. The average molecular weight is 415 g/mol. The minimum atomic E-state index is -0.00423. The third kappa shape index (κ3) is 4.81. The van der Waals surface area contributed by atoms with Crippen LogP contribution in [0.5, 0.6) is 11.5 Å². The highest BCUT2D eigenvalue weighted by molar-refractivity contribution is 6.30. The molecule has 1 aliphatic rings. The van der Waals surface area contributed by atoms with Gasteiger partial charge < -0.3 is 19.4 Å². The van der Waals surface area contributed by atoms with Gasteiger partial charge in [0.05, 0.1) is 24.7 Å². The van der Waals surface area contributed by atoms with Crippen molar-refractivity contribution in [2.24, 2.45) is 0 Å². The van der Waals surface area contributed by atoms with Crippen molar-refractivity contribution in [1.82, 2.24) is 19.8 Å². The summed E-state index contributed by atoms with van der Waals surface area (Å²) in [6.07, 6.45) is 0. The fraction of sp³-hybridized carbons (Fsp3) is 0.333. The zero-order chi connectivity index (χ0) is 20.2. The molecule has 1 saturated heterocycles. The Balaban J connectivity index is 1.26. The molecule has 29 heavy (non-hydrogen) atoms. The summed E-state index contributed by atoms with van der Waals surface area (Å²) in [5.41, 5.74) is 1.89. The van der Waals surface area contributed by atoms with E-state index < -0.39 is 0 Å². The van der Waals surface area contributed by atoms with Gasteiger partial charge in [-0.25, -0.2) is 4.98 Å². The molecule has 2 aromatic carbocycles. The molecule has 0 bridgehead atoms. The average Bonchev–Trinajstić information content (AvgIpc) is 3.15. The normalized spacial score (nSPS) is 14.9. The fourth-order valence-corrected chi connectivity index (χ4v) is 3.50. The summed E-state index contributed by atoms with van der Waals surface area (Å²) in [5, 5.41) is 0.642. The maximum absolute atomic E-state index is 12.4. The van der Waals surface area contributed by atoms with Crippen LogP contribution in [-0.2, 0) is 11.3 Å². The van der Waals surface area contributed by atoms with Crippen LogP contribution in [0.1, 0.15) is 5.82 Å². The van der Waals surface area contributed by atoms with Crippen molar-refractivity contribution in [2.75, 3.05) is 39.9 Å². The number of imidazole rings is 1. The predicted octanol–water partition coefficient (Wildman–Crippen LogP) is 2.95. The molecule has 7 nitrogen and oxygen atoms in total. The van der Waals surface area contributed by atoms with E-state index in [4.69, 9.17) is 21.1 Å². The van der Waals surface area contributed by atoms with Crippen molar-refractivity contribution >= 4 is 28.5 Å². The van der Waals surface area contributed by atoms with Gasteiger partial charge in [-0.2, -0.15) is 0 Å². The lowest BCUT2D eigenvalue weighted by Gasteiger charge is -2.34. The first kappa shape index (κ1) is 19.5.